The maximum atomic E-state index is 11.9. The van der Waals surface area contributed by atoms with Gasteiger partial charge in [0, 0.05) is 24.6 Å². The largest absolute Gasteiger partial charge is 0.352 e. The second-order valence-corrected chi connectivity index (χ2v) is 5.49. The Balaban J connectivity index is 0.00000361. The Labute approximate surface area is 131 Å². The molecule has 1 atom stereocenters. The van der Waals surface area contributed by atoms with E-state index in [4.69, 9.17) is 21.9 Å². The number of amides is 1. The van der Waals surface area contributed by atoms with E-state index in [0.29, 0.717) is 25.3 Å². The summed E-state index contributed by atoms with van der Waals surface area (Å²) in [5.74, 6) is 0.483. The fourth-order valence-electron chi connectivity index (χ4n) is 1.96. The van der Waals surface area contributed by atoms with Crippen LogP contribution in [0, 0.1) is 12.8 Å². The highest BCUT2D eigenvalue weighted by molar-refractivity contribution is 6.29. The Hall–Kier alpha value is -0.780. The minimum atomic E-state index is -0.0206. The Kier molecular flexibility index (Phi) is 8.85. The summed E-state index contributed by atoms with van der Waals surface area (Å²) < 4.78 is 4.85. The molecule has 0 spiro atoms. The van der Waals surface area contributed by atoms with Crippen LogP contribution < -0.4 is 11.1 Å². The maximum Gasteiger partial charge on any atom is 0.229 e. The van der Waals surface area contributed by atoms with Crippen LogP contribution in [0.1, 0.15) is 37.9 Å². The number of carbonyl (C=O) groups is 1. The first-order valence-corrected chi connectivity index (χ1v) is 6.91. The molecular formula is C13H23Cl2N3O2. The molecule has 0 aliphatic heterocycles. The minimum Gasteiger partial charge on any atom is -0.352 e. The number of rotatable bonds is 7. The predicted molar refractivity (Wildman–Crippen MR) is 82.3 cm³/mol. The van der Waals surface area contributed by atoms with Crippen molar-refractivity contribution >= 4 is 29.9 Å². The molecule has 1 aromatic rings. The van der Waals surface area contributed by atoms with Crippen molar-refractivity contribution in [3.8, 4) is 0 Å². The second kappa shape index (κ2) is 9.21. The second-order valence-electron chi connectivity index (χ2n) is 5.15. The lowest BCUT2D eigenvalue weighted by atomic mass is 10.0. The fourth-order valence-corrected chi connectivity index (χ4v) is 2.23. The van der Waals surface area contributed by atoms with Crippen molar-refractivity contribution in [3.63, 3.8) is 0 Å². The van der Waals surface area contributed by atoms with Gasteiger partial charge in [-0.1, -0.05) is 19.0 Å². The topological polar surface area (TPSA) is 81.2 Å². The normalized spacial score (nSPS) is 12.1. The van der Waals surface area contributed by atoms with Crippen molar-refractivity contribution < 1.29 is 9.32 Å². The molecular weight excluding hydrogens is 301 g/mol. The summed E-state index contributed by atoms with van der Waals surface area (Å²) in [6.07, 6.45) is 1.77. The Morgan fingerprint density at radius 2 is 2.15 bits per heavy atom. The zero-order chi connectivity index (χ0) is 14.4. The molecule has 5 nitrogen and oxygen atoms in total. The van der Waals surface area contributed by atoms with Gasteiger partial charge < -0.3 is 15.6 Å². The first kappa shape index (κ1) is 19.2. The molecule has 116 valence electrons. The van der Waals surface area contributed by atoms with Crippen LogP contribution in [0.3, 0.4) is 0 Å². The molecule has 0 saturated heterocycles. The zero-order valence-electron chi connectivity index (χ0n) is 12.1. The van der Waals surface area contributed by atoms with Crippen LogP contribution in [-0.4, -0.2) is 23.7 Å². The molecule has 0 radical (unpaired) electrons. The average molecular weight is 324 g/mol. The number of nitrogens with two attached hydrogens (primary N) is 1. The first-order valence-electron chi connectivity index (χ1n) is 6.54. The van der Waals surface area contributed by atoms with Gasteiger partial charge in [-0.3, -0.25) is 4.79 Å². The Morgan fingerprint density at radius 1 is 1.50 bits per heavy atom. The van der Waals surface area contributed by atoms with Gasteiger partial charge in [-0.05, 0) is 37.3 Å². The molecule has 0 saturated carbocycles. The maximum absolute atomic E-state index is 11.9. The molecule has 0 aliphatic carbocycles. The van der Waals surface area contributed by atoms with Crippen molar-refractivity contribution in [2.24, 2.45) is 11.7 Å². The Bertz CT molecular complexity index is 402. The summed E-state index contributed by atoms with van der Waals surface area (Å²) in [7, 11) is 0. The summed E-state index contributed by atoms with van der Waals surface area (Å²) in [5, 5.41) is 6.96. The molecule has 7 heteroatoms. The lowest BCUT2D eigenvalue weighted by molar-refractivity contribution is -0.121. The number of aryl methyl sites for hydroxylation is 1. The van der Waals surface area contributed by atoms with E-state index < -0.39 is 0 Å². The number of aromatic nitrogens is 1. The van der Waals surface area contributed by atoms with Gasteiger partial charge in [-0.2, -0.15) is 0 Å². The van der Waals surface area contributed by atoms with Crippen LogP contribution in [0.15, 0.2) is 4.52 Å². The van der Waals surface area contributed by atoms with Crippen molar-refractivity contribution in [1.29, 1.82) is 0 Å². The highest BCUT2D eigenvalue weighted by atomic mass is 35.5. The average Bonchev–Trinajstić information content (AvgIpc) is 2.65. The van der Waals surface area contributed by atoms with Crippen LogP contribution in [-0.2, 0) is 11.2 Å². The molecule has 1 unspecified atom stereocenters. The number of carbonyl (C=O) groups excluding carboxylic acids is 1. The summed E-state index contributed by atoms with van der Waals surface area (Å²) in [5.41, 5.74) is 7.18. The molecule has 1 rings (SSSR count). The smallest absolute Gasteiger partial charge is 0.229 e. The van der Waals surface area contributed by atoms with Crippen molar-refractivity contribution in [2.75, 3.05) is 6.54 Å². The first-order chi connectivity index (χ1) is 8.93. The third-order valence-electron chi connectivity index (χ3n) is 2.94. The molecule has 1 amide bonds. The number of nitrogens with zero attached hydrogens (tertiary/aromatic N) is 1. The third kappa shape index (κ3) is 6.11. The van der Waals surface area contributed by atoms with Crippen molar-refractivity contribution in [1.82, 2.24) is 10.5 Å². The number of halogens is 2. The molecule has 0 aliphatic rings. The monoisotopic (exact) mass is 323 g/mol. The molecule has 0 bridgehead atoms. The standard InChI is InChI=1S/C13H22ClN3O2.ClH/c1-8(2)6-10(7-15)16-12(18)5-4-11-9(3)17-19-13(11)14;/h8,10H,4-7,15H2,1-3H3,(H,16,18);1H. The van der Waals surface area contributed by atoms with Gasteiger partial charge in [-0.25, -0.2) is 0 Å². The van der Waals surface area contributed by atoms with Crippen LogP contribution in [0.25, 0.3) is 0 Å². The van der Waals surface area contributed by atoms with Crippen molar-refractivity contribution in [2.45, 2.75) is 46.1 Å². The summed E-state index contributed by atoms with van der Waals surface area (Å²) in [6, 6.07) is 0.0338. The van der Waals surface area contributed by atoms with Crippen LogP contribution >= 0.6 is 24.0 Å². The SMILES string of the molecule is Cc1noc(Cl)c1CCC(=O)NC(CN)CC(C)C.Cl. The van der Waals surface area contributed by atoms with E-state index in [-0.39, 0.29) is 29.6 Å². The number of hydrogen-bond acceptors (Lipinski definition) is 4. The van der Waals surface area contributed by atoms with E-state index in [2.05, 4.69) is 24.3 Å². The molecule has 0 aromatic carbocycles. The lowest BCUT2D eigenvalue weighted by Gasteiger charge is -2.18. The van der Waals surface area contributed by atoms with Gasteiger partial charge in [-0.15, -0.1) is 12.4 Å². The van der Waals surface area contributed by atoms with E-state index in [1.54, 1.807) is 0 Å². The van der Waals surface area contributed by atoms with Crippen molar-refractivity contribution in [3.05, 3.63) is 16.5 Å². The van der Waals surface area contributed by atoms with Gasteiger partial charge in [0.15, 0.2) is 0 Å². The zero-order valence-corrected chi connectivity index (χ0v) is 13.7. The predicted octanol–water partition coefficient (Wildman–Crippen LogP) is 2.48. The highest BCUT2D eigenvalue weighted by Gasteiger charge is 2.15. The molecule has 0 fully saturated rings. The van der Waals surface area contributed by atoms with Gasteiger partial charge in [0.05, 0.1) is 5.69 Å². The minimum absolute atomic E-state index is 0. The Morgan fingerprint density at radius 3 is 2.60 bits per heavy atom. The fraction of sp³-hybridized carbons (Fsp3) is 0.692. The van der Waals surface area contributed by atoms with Crippen LogP contribution in [0.5, 0.6) is 0 Å². The van der Waals surface area contributed by atoms with Gasteiger partial charge in [0.2, 0.25) is 11.1 Å². The van der Waals surface area contributed by atoms with Gasteiger partial charge in [0.25, 0.3) is 0 Å². The molecule has 1 aromatic heterocycles. The van der Waals surface area contributed by atoms with E-state index in [9.17, 15) is 4.79 Å². The quantitative estimate of drug-likeness (QED) is 0.807. The number of hydrogen-bond donors (Lipinski definition) is 2. The third-order valence-corrected chi connectivity index (χ3v) is 3.24. The summed E-state index contributed by atoms with van der Waals surface area (Å²) in [6.45, 7) is 6.48. The number of nitrogens with one attached hydrogen (secondary N) is 1. The van der Waals surface area contributed by atoms with E-state index in [1.165, 1.54) is 0 Å². The molecule has 1 heterocycles. The van der Waals surface area contributed by atoms with E-state index >= 15 is 0 Å². The van der Waals surface area contributed by atoms with Gasteiger partial charge in [0.1, 0.15) is 0 Å². The summed E-state index contributed by atoms with van der Waals surface area (Å²) in [4.78, 5) is 11.9. The summed E-state index contributed by atoms with van der Waals surface area (Å²) >= 11 is 5.85. The van der Waals surface area contributed by atoms with E-state index in [0.717, 1.165) is 17.7 Å². The van der Waals surface area contributed by atoms with Crippen LogP contribution in [0.2, 0.25) is 5.22 Å². The van der Waals surface area contributed by atoms with Crippen LogP contribution in [0.4, 0.5) is 0 Å². The lowest BCUT2D eigenvalue weighted by Crippen LogP contribution is -2.41. The van der Waals surface area contributed by atoms with E-state index in [1.807, 2.05) is 6.92 Å². The van der Waals surface area contributed by atoms with Gasteiger partial charge >= 0.3 is 0 Å². The highest BCUT2D eigenvalue weighted by Crippen LogP contribution is 2.20. The molecule has 3 N–H and O–H groups in total. The molecule has 20 heavy (non-hydrogen) atoms.